The van der Waals surface area contributed by atoms with E-state index < -0.39 is 50.0 Å². The van der Waals surface area contributed by atoms with Crippen LogP contribution >= 0.6 is 7.60 Å². The van der Waals surface area contributed by atoms with Crippen molar-refractivity contribution < 1.29 is 38.6 Å². The lowest BCUT2D eigenvalue weighted by atomic mass is 10.2. The van der Waals surface area contributed by atoms with Crippen molar-refractivity contribution in [3.8, 4) is 0 Å². The summed E-state index contributed by atoms with van der Waals surface area (Å²) in [5.41, 5.74) is 0.729. The minimum atomic E-state index is -4.52. The van der Waals surface area contributed by atoms with Gasteiger partial charge in [0.15, 0.2) is 0 Å². The van der Waals surface area contributed by atoms with Crippen LogP contribution in [0.1, 0.15) is 19.4 Å². The Kier molecular flexibility index (Phi) is 9.07. The van der Waals surface area contributed by atoms with Gasteiger partial charge in [-0.15, -0.1) is 0 Å². The lowest BCUT2D eigenvalue weighted by Crippen LogP contribution is -2.54. The average Bonchev–Trinajstić information content (AvgIpc) is 2.64. The minimum Gasteiger partial charge on any atom is -0.445 e. The highest BCUT2D eigenvalue weighted by Gasteiger charge is 2.29. The largest absolute Gasteiger partial charge is 0.445 e. The number of hydrogen-bond acceptors (Lipinski definition) is 6. The number of aliphatic hydroxyl groups excluding tert-OH is 1. The Hall–Kier alpha value is -2.46. The molecule has 0 fully saturated rings. The average molecular weight is 417 g/mol. The van der Waals surface area contributed by atoms with Gasteiger partial charge in [-0.05, 0) is 19.4 Å². The van der Waals surface area contributed by atoms with Crippen LogP contribution in [-0.2, 0) is 25.5 Å². The van der Waals surface area contributed by atoms with Crippen LogP contribution in [0.15, 0.2) is 30.3 Å². The third-order valence-electron chi connectivity index (χ3n) is 3.61. The van der Waals surface area contributed by atoms with Crippen molar-refractivity contribution in [3.63, 3.8) is 0 Å². The number of carbonyl (C=O) groups excluding carboxylic acids is 3. The standard InChI is InChI=1S/C16H24N3O8P/c1-10(14(21)18-11(2)28(24,25)26)17-15(22)13(8-20)19-16(23)27-9-12-6-4-3-5-7-12/h3-7,10-11,13,20H,8-9H2,1-2H3,(H,17,22)(H,18,21)(H,19,23)(H2,24,25,26)/t10-,11+,13-/m0/s1. The molecule has 0 bridgehead atoms. The zero-order valence-electron chi connectivity index (χ0n) is 15.4. The Bertz CT molecular complexity index is 724. The van der Waals surface area contributed by atoms with E-state index in [0.717, 1.165) is 12.5 Å². The fourth-order valence-electron chi connectivity index (χ4n) is 1.90. The van der Waals surface area contributed by atoms with Gasteiger partial charge in [0.25, 0.3) is 0 Å². The molecule has 0 saturated carbocycles. The lowest BCUT2D eigenvalue weighted by Gasteiger charge is -2.21. The molecule has 0 aliphatic carbocycles. The summed E-state index contributed by atoms with van der Waals surface area (Å²) >= 11 is 0. The summed E-state index contributed by atoms with van der Waals surface area (Å²) in [5.74, 6) is -3.14. The molecule has 1 rings (SSSR count). The van der Waals surface area contributed by atoms with Crippen molar-refractivity contribution in [3.05, 3.63) is 35.9 Å². The molecular formula is C16H24N3O8P. The summed E-state index contributed by atoms with van der Waals surface area (Å²) in [6.45, 7) is 1.61. The summed E-state index contributed by atoms with van der Waals surface area (Å²) in [4.78, 5) is 53.7. The number of carbonyl (C=O) groups is 3. The molecular weight excluding hydrogens is 393 g/mol. The molecule has 0 heterocycles. The minimum absolute atomic E-state index is 0.0362. The van der Waals surface area contributed by atoms with E-state index in [1.165, 1.54) is 6.92 Å². The van der Waals surface area contributed by atoms with E-state index in [4.69, 9.17) is 14.5 Å². The SMILES string of the molecule is C[C@H](NC(=O)[C@H](CO)NC(=O)OCc1ccccc1)C(=O)N[C@@H](C)P(=O)(O)O. The third-order valence-corrected chi connectivity index (χ3v) is 4.75. The van der Waals surface area contributed by atoms with Gasteiger partial charge >= 0.3 is 13.7 Å². The molecule has 28 heavy (non-hydrogen) atoms. The molecule has 0 aliphatic rings. The fourth-order valence-corrected chi connectivity index (χ4v) is 2.19. The van der Waals surface area contributed by atoms with Crippen LogP contribution in [0.2, 0.25) is 0 Å². The molecule has 3 atom stereocenters. The van der Waals surface area contributed by atoms with Gasteiger partial charge in [-0.2, -0.15) is 0 Å². The number of rotatable bonds is 9. The fraction of sp³-hybridized carbons (Fsp3) is 0.438. The highest BCUT2D eigenvalue weighted by molar-refractivity contribution is 7.52. The third kappa shape index (κ3) is 8.05. The molecule has 0 aliphatic heterocycles. The van der Waals surface area contributed by atoms with Crippen LogP contribution in [0, 0.1) is 0 Å². The second-order valence-corrected chi connectivity index (χ2v) is 7.90. The van der Waals surface area contributed by atoms with E-state index in [1.54, 1.807) is 30.3 Å². The van der Waals surface area contributed by atoms with Gasteiger partial charge in [-0.25, -0.2) is 4.79 Å². The number of ether oxygens (including phenoxy) is 1. The molecule has 3 amide bonds. The van der Waals surface area contributed by atoms with Gasteiger partial charge in [-0.1, -0.05) is 30.3 Å². The quantitative estimate of drug-likeness (QED) is 0.289. The lowest BCUT2D eigenvalue weighted by molar-refractivity contribution is -0.130. The Labute approximate surface area is 161 Å². The number of amides is 3. The molecule has 0 saturated heterocycles. The molecule has 156 valence electrons. The maximum absolute atomic E-state index is 12.1. The van der Waals surface area contributed by atoms with Crippen LogP contribution in [-0.4, -0.2) is 57.3 Å². The summed E-state index contributed by atoms with van der Waals surface area (Å²) in [6.07, 6.45) is -0.940. The van der Waals surface area contributed by atoms with E-state index in [0.29, 0.717) is 0 Å². The summed E-state index contributed by atoms with van der Waals surface area (Å²) < 4.78 is 16.0. The van der Waals surface area contributed by atoms with Gasteiger partial charge in [0, 0.05) is 0 Å². The number of alkyl carbamates (subject to hydrolysis) is 1. The Balaban J connectivity index is 2.51. The summed E-state index contributed by atoms with van der Waals surface area (Å²) in [5, 5.41) is 15.8. The highest BCUT2D eigenvalue weighted by Crippen LogP contribution is 2.39. The smallest absolute Gasteiger partial charge is 0.408 e. The van der Waals surface area contributed by atoms with Gasteiger partial charge in [0.1, 0.15) is 24.5 Å². The Morgan fingerprint density at radius 3 is 2.18 bits per heavy atom. The van der Waals surface area contributed by atoms with E-state index in [9.17, 15) is 24.1 Å². The first-order valence-electron chi connectivity index (χ1n) is 8.28. The monoisotopic (exact) mass is 417 g/mol. The first-order chi connectivity index (χ1) is 13.0. The van der Waals surface area contributed by atoms with Crippen molar-refractivity contribution >= 4 is 25.5 Å². The normalized spacial score (nSPS) is 14.3. The molecule has 0 radical (unpaired) electrons. The number of benzene rings is 1. The topological polar surface area (TPSA) is 174 Å². The van der Waals surface area contributed by atoms with Gasteiger partial charge in [0.05, 0.1) is 6.61 Å². The maximum atomic E-state index is 12.1. The van der Waals surface area contributed by atoms with Crippen LogP contribution in [0.4, 0.5) is 4.79 Å². The van der Waals surface area contributed by atoms with Gasteiger partial charge in [0.2, 0.25) is 11.8 Å². The maximum Gasteiger partial charge on any atom is 0.408 e. The van der Waals surface area contributed by atoms with Crippen molar-refractivity contribution in [1.29, 1.82) is 0 Å². The second-order valence-electron chi connectivity index (χ2n) is 5.95. The van der Waals surface area contributed by atoms with Crippen LogP contribution in [0.5, 0.6) is 0 Å². The number of aliphatic hydroxyl groups is 1. The number of nitrogens with one attached hydrogen (secondary N) is 3. The molecule has 0 spiro atoms. The van der Waals surface area contributed by atoms with Crippen LogP contribution in [0.3, 0.4) is 0 Å². The molecule has 11 nitrogen and oxygen atoms in total. The first kappa shape index (κ1) is 23.6. The first-order valence-corrected chi connectivity index (χ1v) is 9.96. The van der Waals surface area contributed by atoms with Crippen molar-refractivity contribution in [2.45, 2.75) is 38.3 Å². The molecule has 0 aromatic heterocycles. The van der Waals surface area contributed by atoms with Gasteiger partial charge < -0.3 is 35.6 Å². The number of hydrogen-bond donors (Lipinski definition) is 6. The molecule has 12 heteroatoms. The van der Waals surface area contributed by atoms with Crippen molar-refractivity contribution in [2.24, 2.45) is 0 Å². The van der Waals surface area contributed by atoms with E-state index in [2.05, 4.69) is 16.0 Å². The van der Waals surface area contributed by atoms with Crippen LogP contribution < -0.4 is 16.0 Å². The molecule has 1 aromatic rings. The molecule has 1 aromatic carbocycles. The van der Waals surface area contributed by atoms with E-state index >= 15 is 0 Å². The summed E-state index contributed by atoms with van der Waals surface area (Å²) in [6, 6.07) is 6.26. The highest BCUT2D eigenvalue weighted by atomic mass is 31.2. The molecule has 6 N–H and O–H groups in total. The van der Waals surface area contributed by atoms with E-state index in [1.807, 2.05) is 0 Å². The predicted octanol–water partition coefficient (Wildman–Crippen LogP) is -0.582. The van der Waals surface area contributed by atoms with E-state index in [-0.39, 0.29) is 6.61 Å². The predicted molar refractivity (Wildman–Crippen MR) is 97.9 cm³/mol. The Morgan fingerprint density at radius 2 is 1.64 bits per heavy atom. The van der Waals surface area contributed by atoms with Gasteiger partial charge in [-0.3, -0.25) is 14.2 Å². The van der Waals surface area contributed by atoms with Crippen molar-refractivity contribution in [2.75, 3.05) is 6.61 Å². The summed E-state index contributed by atoms with van der Waals surface area (Å²) in [7, 11) is -4.52. The Morgan fingerprint density at radius 1 is 1.04 bits per heavy atom. The van der Waals surface area contributed by atoms with Crippen molar-refractivity contribution in [1.82, 2.24) is 16.0 Å². The zero-order chi connectivity index (χ0) is 21.3. The zero-order valence-corrected chi connectivity index (χ0v) is 16.3. The molecule has 0 unspecified atom stereocenters. The second kappa shape index (κ2) is 10.8. The van der Waals surface area contributed by atoms with Crippen LogP contribution in [0.25, 0.3) is 0 Å².